The van der Waals surface area contributed by atoms with E-state index < -0.39 is 41.8 Å². The lowest BCUT2D eigenvalue weighted by Gasteiger charge is -2.37. The normalized spacial score (nSPS) is 11.9. The fourth-order valence-electron chi connectivity index (χ4n) is 4.33. The van der Waals surface area contributed by atoms with Crippen molar-refractivity contribution in [3.63, 3.8) is 0 Å². The summed E-state index contributed by atoms with van der Waals surface area (Å²) in [5.74, 6) is -1.98. The van der Waals surface area contributed by atoms with Crippen molar-refractivity contribution in [2.45, 2.75) is 31.6 Å². The number of nitrogens with one attached hydrogen (secondary N) is 2. The summed E-state index contributed by atoms with van der Waals surface area (Å²) >= 11 is 0.897. The zero-order valence-corrected chi connectivity index (χ0v) is 23.5. The van der Waals surface area contributed by atoms with E-state index >= 15 is 0 Å². The van der Waals surface area contributed by atoms with Crippen LogP contribution >= 0.6 is 11.3 Å². The Hall–Kier alpha value is -4.79. The van der Waals surface area contributed by atoms with Gasteiger partial charge in [-0.05, 0) is 47.9 Å². The molecule has 232 valence electrons. The second kappa shape index (κ2) is 13.2. The summed E-state index contributed by atoms with van der Waals surface area (Å²) in [6, 6.07) is 16.9. The third-order valence-electron chi connectivity index (χ3n) is 5.97. The number of nitrogens with zero attached hydrogens (tertiary/aromatic N) is 1. The zero-order chi connectivity index (χ0) is 32.0. The Morgan fingerprint density at radius 3 is 1.91 bits per heavy atom. The van der Waals surface area contributed by atoms with Gasteiger partial charge in [-0.2, -0.15) is 0 Å². The number of rotatable bonds is 10. The molecule has 2 N–H and O–H groups in total. The van der Waals surface area contributed by atoms with Gasteiger partial charge in [0.2, 0.25) is 0 Å². The maximum Gasteiger partial charge on any atom is 0.573 e. The molecule has 0 aliphatic carbocycles. The number of hydrogen-bond donors (Lipinski definition) is 2. The van der Waals surface area contributed by atoms with Gasteiger partial charge in [-0.15, -0.1) is 37.7 Å². The number of thiazole rings is 1. The van der Waals surface area contributed by atoms with Crippen molar-refractivity contribution >= 4 is 28.5 Å². The smallest absolute Gasteiger partial charge is 0.461 e. The van der Waals surface area contributed by atoms with Crippen LogP contribution in [0.25, 0.3) is 0 Å². The largest absolute Gasteiger partial charge is 0.573 e. The van der Waals surface area contributed by atoms with Gasteiger partial charge in [0.05, 0.1) is 12.1 Å². The van der Waals surface area contributed by atoms with Gasteiger partial charge in [-0.1, -0.05) is 54.6 Å². The Morgan fingerprint density at radius 1 is 0.818 bits per heavy atom. The van der Waals surface area contributed by atoms with Gasteiger partial charge in [-0.25, -0.2) is 14.6 Å². The summed E-state index contributed by atoms with van der Waals surface area (Å²) in [5, 5.41) is 6.53. The van der Waals surface area contributed by atoms with Crippen LogP contribution in [0.4, 0.5) is 36.3 Å². The monoisotopic (exact) mass is 639 g/mol. The first-order valence-corrected chi connectivity index (χ1v) is 13.6. The second-order valence-electron chi connectivity index (χ2n) is 9.06. The van der Waals surface area contributed by atoms with Crippen molar-refractivity contribution in [1.29, 1.82) is 0 Å². The van der Waals surface area contributed by atoms with Gasteiger partial charge in [0, 0.05) is 11.8 Å². The molecule has 0 aliphatic rings. The van der Waals surface area contributed by atoms with Crippen molar-refractivity contribution in [3.05, 3.63) is 107 Å². The quantitative estimate of drug-likeness (QED) is 0.138. The molecular formula is C29H23F6N3O5S. The van der Waals surface area contributed by atoms with Crippen LogP contribution in [0.15, 0.2) is 84.2 Å². The van der Waals surface area contributed by atoms with E-state index in [0.29, 0.717) is 5.56 Å². The molecule has 0 radical (unpaired) electrons. The maximum atomic E-state index is 13.5. The average Bonchev–Trinajstić information content (AvgIpc) is 3.40. The van der Waals surface area contributed by atoms with E-state index in [4.69, 9.17) is 4.74 Å². The highest BCUT2D eigenvalue weighted by atomic mass is 32.1. The van der Waals surface area contributed by atoms with E-state index in [1.807, 2.05) is 0 Å². The Labute approximate surface area is 250 Å². The van der Waals surface area contributed by atoms with Gasteiger partial charge in [0.1, 0.15) is 11.5 Å². The molecule has 4 aromatic rings. The van der Waals surface area contributed by atoms with Gasteiger partial charge in [0.25, 0.3) is 0 Å². The number of hydrogen-bond acceptors (Lipinski definition) is 7. The third kappa shape index (κ3) is 8.63. The summed E-state index contributed by atoms with van der Waals surface area (Å²) in [6.45, 7) is 1.70. The van der Waals surface area contributed by atoms with Crippen LogP contribution in [0.2, 0.25) is 0 Å². The van der Waals surface area contributed by atoms with Gasteiger partial charge < -0.3 is 19.5 Å². The molecule has 15 heteroatoms. The Bertz CT molecular complexity index is 1530. The van der Waals surface area contributed by atoms with Crippen LogP contribution < -0.4 is 20.1 Å². The molecule has 0 saturated heterocycles. The van der Waals surface area contributed by atoms with Crippen molar-refractivity contribution in [2.75, 3.05) is 11.9 Å². The highest BCUT2D eigenvalue weighted by molar-refractivity contribution is 7.14. The van der Waals surface area contributed by atoms with E-state index in [9.17, 15) is 35.9 Å². The summed E-state index contributed by atoms with van der Waals surface area (Å²) in [5.41, 5.74) is -1.24. The fraction of sp³-hybridized carbons (Fsp3) is 0.207. The topological polar surface area (TPSA) is 98.8 Å². The van der Waals surface area contributed by atoms with Gasteiger partial charge in [0.15, 0.2) is 10.8 Å². The summed E-state index contributed by atoms with van der Waals surface area (Å²) in [4.78, 5) is 29.5. The van der Waals surface area contributed by atoms with E-state index in [0.717, 1.165) is 35.6 Å². The van der Waals surface area contributed by atoms with Crippen molar-refractivity contribution < 1.29 is 50.1 Å². The standard InChI is InChI=1S/C29H23F6N3O5S/c1-2-41-24(39)23-17-44-26(36-23)37-25(40)38-27(16-18-8-4-3-5-9-18,19-10-6-12-21(14-19)42-28(30,31)32)20-11-7-13-22(15-20)43-29(33,34)35/h3-15,17H,2,16H2,1H3,(H2,36,37,38,40). The molecule has 44 heavy (non-hydrogen) atoms. The number of halogens is 6. The molecule has 0 spiro atoms. The van der Waals surface area contributed by atoms with E-state index in [2.05, 4.69) is 25.1 Å². The molecule has 0 aliphatic heterocycles. The number of anilines is 1. The fourth-order valence-corrected chi connectivity index (χ4v) is 5.01. The molecule has 8 nitrogen and oxygen atoms in total. The van der Waals surface area contributed by atoms with Crippen molar-refractivity contribution in [1.82, 2.24) is 10.3 Å². The molecule has 4 rings (SSSR count). The van der Waals surface area contributed by atoms with Crippen LogP contribution in [0, 0.1) is 0 Å². The summed E-state index contributed by atoms with van der Waals surface area (Å²) in [6.07, 6.45) is -10.2. The SMILES string of the molecule is CCOC(=O)c1csc(NC(=O)NC(Cc2ccccc2)(c2cccc(OC(F)(F)F)c2)c2cccc(OC(F)(F)F)c2)n1. The van der Waals surface area contributed by atoms with E-state index in [1.54, 1.807) is 37.3 Å². The van der Waals surface area contributed by atoms with Crippen molar-refractivity contribution in [3.8, 4) is 11.5 Å². The minimum Gasteiger partial charge on any atom is -0.461 e. The molecule has 0 saturated carbocycles. The van der Waals surface area contributed by atoms with Crippen LogP contribution in [-0.4, -0.2) is 36.3 Å². The maximum absolute atomic E-state index is 13.5. The molecule has 0 fully saturated rings. The predicted octanol–water partition coefficient (Wildman–Crippen LogP) is 7.43. The Balaban J connectivity index is 1.84. The number of urea groups is 1. The number of ether oxygens (including phenoxy) is 3. The minimum absolute atomic E-state index is 0.0255. The molecule has 1 aromatic heterocycles. The number of amides is 2. The Morgan fingerprint density at radius 2 is 1.39 bits per heavy atom. The lowest BCUT2D eigenvalue weighted by molar-refractivity contribution is -0.275. The van der Waals surface area contributed by atoms with E-state index in [-0.39, 0.29) is 35.0 Å². The number of alkyl halides is 6. The molecule has 0 atom stereocenters. The predicted molar refractivity (Wildman–Crippen MR) is 147 cm³/mol. The number of aromatic nitrogens is 1. The number of esters is 1. The highest BCUT2D eigenvalue weighted by Gasteiger charge is 2.39. The third-order valence-corrected chi connectivity index (χ3v) is 6.73. The van der Waals surface area contributed by atoms with Crippen LogP contribution in [0.3, 0.4) is 0 Å². The second-order valence-corrected chi connectivity index (χ2v) is 9.91. The summed E-state index contributed by atoms with van der Waals surface area (Å²) < 4.78 is 92.0. The Kier molecular flexibility index (Phi) is 9.67. The van der Waals surface area contributed by atoms with Crippen molar-refractivity contribution in [2.24, 2.45) is 0 Å². The lowest BCUT2D eigenvalue weighted by Crippen LogP contribution is -2.50. The zero-order valence-electron chi connectivity index (χ0n) is 22.7. The highest BCUT2D eigenvalue weighted by Crippen LogP contribution is 2.38. The molecule has 2 amide bonds. The summed E-state index contributed by atoms with van der Waals surface area (Å²) in [7, 11) is 0. The molecule has 0 bridgehead atoms. The van der Waals surface area contributed by atoms with E-state index in [1.165, 1.54) is 29.6 Å². The van der Waals surface area contributed by atoms with Crippen LogP contribution in [0.5, 0.6) is 11.5 Å². The van der Waals surface area contributed by atoms with Crippen LogP contribution in [-0.2, 0) is 16.7 Å². The first kappa shape index (κ1) is 32.1. The molecule has 0 unspecified atom stereocenters. The average molecular weight is 640 g/mol. The van der Waals surface area contributed by atoms with Gasteiger partial charge >= 0.3 is 24.7 Å². The molecule has 1 heterocycles. The first-order valence-electron chi connectivity index (χ1n) is 12.7. The first-order chi connectivity index (χ1) is 20.8. The molecule has 3 aromatic carbocycles. The van der Waals surface area contributed by atoms with Crippen LogP contribution in [0.1, 0.15) is 34.1 Å². The lowest BCUT2D eigenvalue weighted by atomic mass is 9.77. The number of carbonyl (C=O) groups excluding carboxylic acids is 2. The van der Waals surface area contributed by atoms with Gasteiger partial charge in [-0.3, -0.25) is 5.32 Å². The minimum atomic E-state index is -5.05. The number of carbonyl (C=O) groups is 2. The molecular weight excluding hydrogens is 616 g/mol. The number of benzene rings is 3.